The molecule has 1 unspecified atom stereocenters. The number of carboxylic acids is 1. The number of aromatic carboxylic acids is 1. The van der Waals surface area contributed by atoms with Crippen molar-refractivity contribution in [2.45, 2.75) is 56.1 Å². The Morgan fingerprint density at radius 1 is 1.33 bits per heavy atom. The average Bonchev–Trinajstić information content (AvgIpc) is 3.29. The fourth-order valence-electron chi connectivity index (χ4n) is 2.55. The molecule has 1 aliphatic heterocycles. The Hall–Kier alpha value is -1.14. The molecule has 0 bridgehead atoms. The number of thioether (sulfide) groups is 1. The van der Waals surface area contributed by atoms with E-state index in [4.69, 9.17) is 4.74 Å². The highest BCUT2D eigenvalue weighted by Gasteiger charge is 2.29. The van der Waals surface area contributed by atoms with Gasteiger partial charge in [-0.2, -0.15) is 0 Å². The molecule has 1 saturated heterocycles. The Labute approximate surface area is 128 Å². The molecule has 2 fully saturated rings. The first-order valence-electron chi connectivity index (χ1n) is 7.51. The molecular weight excluding hydrogens is 288 g/mol. The van der Waals surface area contributed by atoms with Crippen LogP contribution in [-0.2, 0) is 4.74 Å². The molecule has 21 heavy (non-hydrogen) atoms. The highest BCUT2D eigenvalue weighted by Crippen LogP contribution is 2.39. The summed E-state index contributed by atoms with van der Waals surface area (Å²) >= 11 is 1.50. The lowest BCUT2D eigenvalue weighted by atomic mass is 10.1. The van der Waals surface area contributed by atoms with E-state index in [9.17, 15) is 9.90 Å². The van der Waals surface area contributed by atoms with Crippen LogP contribution in [0.5, 0.6) is 0 Å². The number of carboxylic acid groups (broad SMARTS) is 1. The molecule has 1 aliphatic carbocycles. The SMILES string of the molecule is Cc1nc(C2CC2)nc(SCC2CCCCO2)c1C(=O)O. The molecule has 114 valence electrons. The summed E-state index contributed by atoms with van der Waals surface area (Å²) in [5.74, 6) is 1.06. The Morgan fingerprint density at radius 3 is 2.76 bits per heavy atom. The molecule has 1 aromatic heterocycles. The summed E-state index contributed by atoms with van der Waals surface area (Å²) in [4.78, 5) is 20.4. The maximum Gasteiger partial charge on any atom is 0.340 e. The van der Waals surface area contributed by atoms with Gasteiger partial charge in [-0.3, -0.25) is 0 Å². The molecule has 5 nitrogen and oxygen atoms in total. The van der Waals surface area contributed by atoms with Crippen molar-refractivity contribution in [3.05, 3.63) is 17.1 Å². The second kappa shape index (κ2) is 6.32. The van der Waals surface area contributed by atoms with Crippen molar-refractivity contribution in [2.75, 3.05) is 12.4 Å². The molecule has 1 aromatic rings. The first-order chi connectivity index (χ1) is 10.1. The summed E-state index contributed by atoms with van der Waals surface area (Å²) in [5.41, 5.74) is 0.826. The van der Waals surface area contributed by atoms with Crippen LogP contribution in [0.15, 0.2) is 5.03 Å². The summed E-state index contributed by atoms with van der Waals surface area (Å²) in [5, 5.41) is 10.0. The molecule has 6 heteroatoms. The van der Waals surface area contributed by atoms with E-state index >= 15 is 0 Å². The van der Waals surface area contributed by atoms with Crippen LogP contribution in [0.3, 0.4) is 0 Å². The second-order valence-electron chi connectivity index (χ2n) is 5.73. The van der Waals surface area contributed by atoms with E-state index < -0.39 is 5.97 Å². The quantitative estimate of drug-likeness (QED) is 0.666. The van der Waals surface area contributed by atoms with Gasteiger partial charge in [0.15, 0.2) is 0 Å². The first kappa shape index (κ1) is 14.8. The highest BCUT2D eigenvalue weighted by molar-refractivity contribution is 7.99. The second-order valence-corrected chi connectivity index (χ2v) is 6.74. The molecule has 1 N–H and O–H groups in total. The molecule has 0 aromatic carbocycles. The maximum atomic E-state index is 11.5. The molecular formula is C15H20N2O3S. The van der Waals surface area contributed by atoms with Crippen molar-refractivity contribution in [1.29, 1.82) is 0 Å². The van der Waals surface area contributed by atoms with Crippen molar-refractivity contribution in [2.24, 2.45) is 0 Å². The smallest absolute Gasteiger partial charge is 0.340 e. The van der Waals surface area contributed by atoms with Gasteiger partial charge < -0.3 is 9.84 Å². The Morgan fingerprint density at radius 2 is 2.14 bits per heavy atom. The largest absolute Gasteiger partial charge is 0.478 e. The summed E-state index contributed by atoms with van der Waals surface area (Å²) in [6.07, 6.45) is 5.80. The summed E-state index contributed by atoms with van der Waals surface area (Å²) in [7, 11) is 0. The first-order valence-corrected chi connectivity index (χ1v) is 8.50. The van der Waals surface area contributed by atoms with E-state index in [1.165, 1.54) is 18.2 Å². The third-order valence-electron chi connectivity index (χ3n) is 3.91. The number of hydrogen-bond donors (Lipinski definition) is 1. The normalized spacial score (nSPS) is 22.2. The van der Waals surface area contributed by atoms with Crippen LogP contribution >= 0.6 is 11.8 Å². The Balaban J connectivity index is 1.78. The molecule has 0 amide bonds. The molecule has 1 saturated carbocycles. The minimum absolute atomic E-state index is 0.213. The van der Waals surface area contributed by atoms with Gasteiger partial charge in [0.1, 0.15) is 16.4 Å². The van der Waals surface area contributed by atoms with Crippen molar-refractivity contribution in [3.63, 3.8) is 0 Å². The fraction of sp³-hybridized carbons (Fsp3) is 0.667. The van der Waals surface area contributed by atoms with E-state index in [2.05, 4.69) is 9.97 Å². The lowest BCUT2D eigenvalue weighted by molar-refractivity contribution is 0.0315. The molecule has 0 radical (unpaired) electrons. The van der Waals surface area contributed by atoms with E-state index in [1.807, 2.05) is 0 Å². The predicted molar refractivity (Wildman–Crippen MR) is 80.0 cm³/mol. The number of nitrogens with zero attached hydrogens (tertiary/aromatic N) is 2. The van der Waals surface area contributed by atoms with Gasteiger partial charge in [-0.1, -0.05) is 0 Å². The minimum atomic E-state index is -0.943. The van der Waals surface area contributed by atoms with Crippen molar-refractivity contribution >= 4 is 17.7 Å². The third-order valence-corrected chi connectivity index (χ3v) is 5.02. The van der Waals surface area contributed by atoms with Gasteiger partial charge in [0, 0.05) is 18.3 Å². The Kier molecular flexibility index (Phi) is 4.45. The minimum Gasteiger partial charge on any atom is -0.478 e. The van der Waals surface area contributed by atoms with Gasteiger partial charge in [-0.05, 0) is 39.0 Å². The molecule has 2 heterocycles. The number of aromatic nitrogens is 2. The molecule has 1 atom stereocenters. The van der Waals surface area contributed by atoms with Crippen LogP contribution in [-0.4, -0.2) is 39.5 Å². The molecule has 3 rings (SSSR count). The number of carbonyl (C=O) groups is 1. The van der Waals surface area contributed by atoms with Gasteiger partial charge in [0.25, 0.3) is 0 Å². The van der Waals surface area contributed by atoms with Gasteiger partial charge in [0.2, 0.25) is 0 Å². The van der Waals surface area contributed by atoms with Gasteiger partial charge in [-0.25, -0.2) is 14.8 Å². The van der Waals surface area contributed by atoms with Crippen molar-refractivity contribution in [3.8, 4) is 0 Å². The van der Waals surface area contributed by atoms with Crippen LogP contribution in [0.2, 0.25) is 0 Å². The number of hydrogen-bond acceptors (Lipinski definition) is 5. The van der Waals surface area contributed by atoms with Crippen LogP contribution in [0.4, 0.5) is 0 Å². The Bertz CT molecular complexity index is 540. The molecule has 0 spiro atoms. The number of rotatable bonds is 5. The monoisotopic (exact) mass is 308 g/mol. The predicted octanol–water partition coefficient (Wildman–Crippen LogP) is 3.02. The topological polar surface area (TPSA) is 72.3 Å². The van der Waals surface area contributed by atoms with Crippen LogP contribution < -0.4 is 0 Å². The van der Waals surface area contributed by atoms with E-state index in [-0.39, 0.29) is 11.7 Å². The van der Waals surface area contributed by atoms with E-state index in [1.54, 1.807) is 6.92 Å². The lowest BCUT2D eigenvalue weighted by Crippen LogP contribution is -2.21. The summed E-state index contributed by atoms with van der Waals surface area (Å²) in [6, 6.07) is 0. The van der Waals surface area contributed by atoms with Gasteiger partial charge in [0.05, 0.1) is 11.8 Å². The zero-order chi connectivity index (χ0) is 14.8. The zero-order valence-electron chi connectivity index (χ0n) is 12.2. The standard InChI is InChI=1S/C15H20N2O3S/c1-9-12(15(18)19)14(17-13(16-9)10-5-6-10)21-8-11-4-2-3-7-20-11/h10-11H,2-8H2,1H3,(H,18,19). The van der Waals surface area contributed by atoms with Crippen LogP contribution in [0, 0.1) is 6.92 Å². The van der Waals surface area contributed by atoms with E-state index in [0.717, 1.165) is 43.9 Å². The van der Waals surface area contributed by atoms with E-state index in [0.29, 0.717) is 16.6 Å². The lowest BCUT2D eigenvalue weighted by Gasteiger charge is -2.22. The van der Waals surface area contributed by atoms with Gasteiger partial charge in [-0.15, -0.1) is 11.8 Å². The third kappa shape index (κ3) is 3.55. The average molecular weight is 308 g/mol. The summed E-state index contributed by atoms with van der Waals surface area (Å²) < 4.78 is 5.71. The highest BCUT2D eigenvalue weighted by atomic mass is 32.2. The van der Waals surface area contributed by atoms with Gasteiger partial charge >= 0.3 is 5.97 Å². The summed E-state index contributed by atoms with van der Waals surface area (Å²) in [6.45, 7) is 2.57. The number of aryl methyl sites for hydroxylation is 1. The fourth-order valence-corrected chi connectivity index (χ4v) is 3.70. The van der Waals surface area contributed by atoms with Crippen LogP contribution in [0.25, 0.3) is 0 Å². The van der Waals surface area contributed by atoms with Crippen LogP contribution in [0.1, 0.15) is 59.9 Å². The van der Waals surface area contributed by atoms with Crippen molar-refractivity contribution in [1.82, 2.24) is 9.97 Å². The zero-order valence-corrected chi connectivity index (χ0v) is 13.0. The number of ether oxygens (including phenoxy) is 1. The van der Waals surface area contributed by atoms with Crippen molar-refractivity contribution < 1.29 is 14.6 Å². The molecule has 2 aliphatic rings. The maximum absolute atomic E-state index is 11.5.